The van der Waals surface area contributed by atoms with Crippen molar-refractivity contribution in [1.82, 2.24) is 15.2 Å². The quantitative estimate of drug-likeness (QED) is 0.682. The normalized spacial score (nSPS) is 24.4. The summed E-state index contributed by atoms with van der Waals surface area (Å²) in [4.78, 5) is 63.3. The van der Waals surface area contributed by atoms with Gasteiger partial charge in [-0.1, -0.05) is 30.3 Å². The van der Waals surface area contributed by atoms with E-state index < -0.39 is 47.9 Å². The van der Waals surface area contributed by atoms with E-state index in [9.17, 15) is 24.0 Å². The Morgan fingerprint density at radius 1 is 1.00 bits per heavy atom. The predicted octanol–water partition coefficient (Wildman–Crippen LogP) is -0.782. The number of imide groups is 2. The van der Waals surface area contributed by atoms with Crippen LogP contribution in [-0.2, 0) is 30.5 Å². The summed E-state index contributed by atoms with van der Waals surface area (Å²) in [7, 11) is 0. The average molecular weight is 368 g/mol. The number of carbonyl (C=O) groups is 5. The standard InChI is InChI=1S/C18H16N4O5/c23-11(9-21-12(24)6-7-13(21)25)15-14-16(20-19-15)18(27)22(17(14)26)8-10-4-2-1-3-5-10/h1-5,14,16,20H,6-9H2. The molecular weight excluding hydrogens is 352 g/mol. The van der Waals surface area contributed by atoms with Gasteiger partial charge >= 0.3 is 0 Å². The highest BCUT2D eigenvalue weighted by Crippen LogP contribution is 2.28. The van der Waals surface area contributed by atoms with Gasteiger partial charge in [0, 0.05) is 12.8 Å². The molecule has 138 valence electrons. The maximum atomic E-state index is 12.8. The van der Waals surface area contributed by atoms with Gasteiger partial charge in [-0.05, 0) is 5.56 Å². The third-order valence-electron chi connectivity index (χ3n) is 4.94. The Labute approximate surface area is 154 Å². The number of Topliss-reactive ketones (excluding diaryl/α,β-unsaturated/α-hetero) is 1. The minimum absolute atomic E-state index is 0.0746. The number of carbonyl (C=O) groups excluding carboxylic acids is 5. The first-order chi connectivity index (χ1) is 13.0. The van der Waals surface area contributed by atoms with Gasteiger partial charge in [0.05, 0.1) is 13.1 Å². The largest absolute Gasteiger partial charge is 0.296 e. The van der Waals surface area contributed by atoms with Crippen molar-refractivity contribution in [2.75, 3.05) is 6.54 Å². The zero-order valence-electron chi connectivity index (χ0n) is 14.3. The molecular formula is C18H16N4O5. The molecule has 4 amide bonds. The number of nitrogens with one attached hydrogen (secondary N) is 1. The summed E-state index contributed by atoms with van der Waals surface area (Å²) in [5.41, 5.74) is 3.24. The van der Waals surface area contributed by atoms with Gasteiger partial charge in [0.2, 0.25) is 17.7 Å². The number of hydrogen-bond acceptors (Lipinski definition) is 7. The highest BCUT2D eigenvalue weighted by Gasteiger charge is 2.54. The van der Waals surface area contributed by atoms with Crippen LogP contribution < -0.4 is 5.43 Å². The van der Waals surface area contributed by atoms with E-state index in [0.29, 0.717) is 0 Å². The number of ketones is 1. The molecule has 0 aromatic heterocycles. The van der Waals surface area contributed by atoms with Crippen molar-refractivity contribution in [2.24, 2.45) is 11.0 Å². The molecule has 0 bridgehead atoms. The number of benzene rings is 1. The number of nitrogens with zero attached hydrogens (tertiary/aromatic N) is 3. The minimum atomic E-state index is -1.03. The van der Waals surface area contributed by atoms with Gasteiger partial charge < -0.3 is 0 Å². The minimum Gasteiger partial charge on any atom is -0.296 e. The Kier molecular flexibility index (Phi) is 4.06. The summed E-state index contributed by atoms with van der Waals surface area (Å²) in [6.07, 6.45) is 0.149. The topological polar surface area (TPSA) is 116 Å². The first-order valence-electron chi connectivity index (χ1n) is 8.56. The Bertz CT molecular complexity index is 878. The van der Waals surface area contributed by atoms with Gasteiger partial charge in [0.1, 0.15) is 17.7 Å². The van der Waals surface area contributed by atoms with Crippen LogP contribution in [0, 0.1) is 5.92 Å². The summed E-state index contributed by atoms with van der Waals surface area (Å²) in [5, 5.41) is 3.85. The van der Waals surface area contributed by atoms with Crippen LogP contribution in [0.2, 0.25) is 0 Å². The SMILES string of the molecule is O=C(CN1C(=O)CCC1=O)C1=NNC2C(=O)N(Cc3ccccc3)C(=O)C12. The lowest BCUT2D eigenvalue weighted by molar-refractivity contribution is -0.141. The van der Waals surface area contributed by atoms with Crippen molar-refractivity contribution in [2.45, 2.75) is 25.4 Å². The first-order valence-corrected chi connectivity index (χ1v) is 8.56. The van der Waals surface area contributed by atoms with Gasteiger partial charge in [-0.3, -0.25) is 39.2 Å². The highest BCUT2D eigenvalue weighted by atomic mass is 16.2. The second-order valence-corrected chi connectivity index (χ2v) is 6.63. The molecule has 0 saturated carbocycles. The van der Waals surface area contributed by atoms with Gasteiger partial charge in [0.25, 0.3) is 5.91 Å². The molecule has 2 atom stereocenters. The number of fused-ring (bicyclic) bond motifs is 1. The van der Waals surface area contributed by atoms with Gasteiger partial charge in [-0.2, -0.15) is 5.10 Å². The van der Waals surface area contributed by atoms with Crippen molar-refractivity contribution in [3.63, 3.8) is 0 Å². The van der Waals surface area contributed by atoms with E-state index >= 15 is 0 Å². The summed E-state index contributed by atoms with van der Waals surface area (Å²) >= 11 is 0. The molecule has 2 unspecified atom stereocenters. The van der Waals surface area contributed by atoms with E-state index in [1.54, 1.807) is 24.3 Å². The van der Waals surface area contributed by atoms with Crippen LogP contribution in [0.25, 0.3) is 0 Å². The fourth-order valence-electron chi connectivity index (χ4n) is 3.52. The molecule has 3 heterocycles. The molecule has 1 aromatic rings. The molecule has 3 aliphatic heterocycles. The first kappa shape index (κ1) is 17.1. The van der Waals surface area contributed by atoms with Crippen molar-refractivity contribution in [3.8, 4) is 0 Å². The Morgan fingerprint density at radius 3 is 2.33 bits per heavy atom. The van der Waals surface area contributed by atoms with E-state index in [4.69, 9.17) is 0 Å². The van der Waals surface area contributed by atoms with Crippen LogP contribution in [0.3, 0.4) is 0 Å². The zero-order valence-corrected chi connectivity index (χ0v) is 14.3. The molecule has 3 aliphatic rings. The van der Waals surface area contributed by atoms with Crippen molar-refractivity contribution in [1.29, 1.82) is 0 Å². The lowest BCUT2D eigenvalue weighted by Crippen LogP contribution is -2.41. The van der Waals surface area contributed by atoms with Gasteiger partial charge in [-0.25, -0.2) is 0 Å². The Hall–Kier alpha value is -3.36. The van der Waals surface area contributed by atoms with E-state index in [-0.39, 0.29) is 25.1 Å². The number of amides is 4. The van der Waals surface area contributed by atoms with Crippen molar-refractivity contribution < 1.29 is 24.0 Å². The average Bonchev–Trinajstić information content (AvgIpc) is 3.30. The molecule has 1 aromatic carbocycles. The van der Waals surface area contributed by atoms with Crippen LogP contribution in [-0.4, -0.2) is 57.5 Å². The maximum Gasteiger partial charge on any atom is 0.254 e. The van der Waals surface area contributed by atoms with E-state index in [0.717, 1.165) is 15.4 Å². The molecule has 0 spiro atoms. The Morgan fingerprint density at radius 2 is 1.67 bits per heavy atom. The summed E-state index contributed by atoms with van der Waals surface area (Å²) < 4.78 is 0. The molecule has 9 nitrogen and oxygen atoms in total. The molecule has 2 fully saturated rings. The fraction of sp³-hybridized carbons (Fsp3) is 0.333. The number of hydrogen-bond donors (Lipinski definition) is 1. The number of hydrazone groups is 1. The maximum absolute atomic E-state index is 12.8. The Balaban J connectivity index is 1.50. The molecule has 1 N–H and O–H groups in total. The van der Waals surface area contributed by atoms with Crippen molar-refractivity contribution >= 4 is 35.1 Å². The van der Waals surface area contributed by atoms with Crippen LogP contribution in [0.15, 0.2) is 35.4 Å². The van der Waals surface area contributed by atoms with Gasteiger partial charge in [-0.15, -0.1) is 0 Å². The molecule has 0 radical (unpaired) electrons. The smallest absolute Gasteiger partial charge is 0.254 e. The molecule has 4 rings (SSSR count). The van der Waals surface area contributed by atoms with E-state index in [1.807, 2.05) is 6.07 Å². The van der Waals surface area contributed by atoms with Crippen molar-refractivity contribution in [3.05, 3.63) is 35.9 Å². The summed E-state index contributed by atoms with van der Waals surface area (Å²) in [6, 6.07) is 8.11. The summed E-state index contributed by atoms with van der Waals surface area (Å²) in [5.74, 6) is -3.44. The van der Waals surface area contributed by atoms with Crippen LogP contribution in [0.5, 0.6) is 0 Å². The van der Waals surface area contributed by atoms with Crippen LogP contribution >= 0.6 is 0 Å². The third kappa shape index (κ3) is 2.80. The fourth-order valence-corrected chi connectivity index (χ4v) is 3.52. The number of rotatable bonds is 5. The zero-order chi connectivity index (χ0) is 19.1. The number of likely N-dealkylation sites (tertiary alicyclic amines) is 2. The monoisotopic (exact) mass is 368 g/mol. The van der Waals surface area contributed by atoms with Crippen LogP contribution in [0.4, 0.5) is 0 Å². The third-order valence-corrected chi connectivity index (χ3v) is 4.94. The highest BCUT2D eigenvalue weighted by molar-refractivity contribution is 6.47. The van der Waals surface area contributed by atoms with Crippen LogP contribution in [0.1, 0.15) is 18.4 Å². The second kappa shape index (κ2) is 6.42. The van der Waals surface area contributed by atoms with E-state index in [2.05, 4.69) is 10.5 Å². The van der Waals surface area contributed by atoms with E-state index in [1.165, 1.54) is 0 Å². The predicted molar refractivity (Wildman–Crippen MR) is 90.8 cm³/mol. The molecule has 9 heteroatoms. The van der Waals surface area contributed by atoms with Gasteiger partial charge in [0.15, 0.2) is 5.78 Å². The molecule has 27 heavy (non-hydrogen) atoms. The second-order valence-electron chi connectivity index (χ2n) is 6.63. The summed E-state index contributed by atoms with van der Waals surface area (Å²) in [6.45, 7) is -0.348. The molecule has 2 saturated heterocycles. The lowest BCUT2D eigenvalue weighted by atomic mass is 9.95. The lowest BCUT2D eigenvalue weighted by Gasteiger charge is -2.16. The molecule has 0 aliphatic carbocycles.